The van der Waals surface area contributed by atoms with E-state index >= 15 is 0 Å². The molecule has 0 heterocycles. The highest BCUT2D eigenvalue weighted by Crippen LogP contribution is 2.16. The SMILES string of the molecule is CSc1ccc(C(=O)C=Cc2ccc(F)c(F)c2)cc1. The summed E-state index contributed by atoms with van der Waals surface area (Å²) >= 11 is 1.60. The molecule has 0 radical (unpaired) electrons. The number of benzene rings is 2. The predicted molar refractivity (Wildman–Crippen MR) is 77.9 cm³/mol. The summed E-state index contributed by atoms with van der Waals surface area (Å²) in [6.45, 7) is 0. The minimum atomic E-state index is -0.927. The van der Waals surface area contributed by atoms with Crippen molar-refractivity contribution in [2.24, 2.45) is 0 Å². The molecule has 0 aliphatic heterocycles. The van der Waals surface area contributed by atoms with Crippen LogP contribution in [0, 0.1) is 11.6 Å². The van der Waals surface area contributed by atoms with Crippen molar-refractivity contribution in [3.63, 3.8) is 0 Å². The lowest BCUT2D eigenvalue weighted by Crippen LogP contribution is -1.93. The Balaban J connectivity index is 2.13. The fraction of sp³-hybridized carbons (Fsp3) is 0.0625. The van der Waals surface area contributed by atoms with E-state index in [1.54, 1.807) is 23.9 Å². The molecule has 1 nitrogen and oxygen atoms in total. The van der Waals surface area contributed by atoms with Gasteiger partial charge in [-0.15, -0.1) is 11.8 Å². The normalized spacial score (nSPS) is 10.9. The number of allylic oxidation sites excluding steroid dienone is 1. The summed E-state index contributed by atoms with van der Waals surface area (Å²) in [6.07, 6.45) is 4.77. The van der Waals surface area contributed by atoms with Crippen LogP contribution in [0.2, 0.25) is 0 Å². The zero-order chi connectivity index (χ0) is 14.5. The molecule has 0 bridgehead atoms. The van der Waals surface area contributed by atoms with Crippen molar-refractivity contribution in [2.75, 3.05) is 6.26 Å². The highest BCUT2D eigenvalue weighted by atomic mass is 32.2. The van der Waals surface area contributed by atoms with Crippen LogP contribution in [0.4, 0.5) is 8.78 Å². The predicted octanol–water partition coefficient (Wildman–Crippen LogP) is 4.58. The van der Waals surface area contributed by atoms with Gasteiger partial charge in [-0.1, -0.05) is 12.1 Å². The second-order valence-corrected chi connectivity index (χ2v) is 4.98. The van der Waals surface area contributed by atoms with Crippen LogP contribution >= 0.6 is 11.8 Å². The molecular weight excluding hydrogens is 278 g/mol. The van der Waals surface area contributed by atoms with Gasteiger partial charge in [-0.2, -0.15) is 0 Å². The standard InChI is InChI=1S/C16H12F2OS/c1-20-13-6-4-12(5-7-13)16(19)9-3-11-2-8-14(17)15(18)10-11/h2-10H,1H3. The molecule has 2 aromatic carbocycles. The number of thioether (sulfide) groups is 1. The molecule has 102 valence electrons. The third-order valence-corrected chi connectivity index (χ3v) is 3.49. The summed E-state index contributed by atoms with van der Waals surface area (Å²) < 4.78 is 25.8. The molecule has 0 atom stereocenters. The molecule has 0 spiro atoms. The summed E-state index contributed by atoms with van der Waals surface area (Å²) in [5.74, 6) is -2.01. The quantitative estimate of drug-likeness (QED) is 0.465. The summed E-state index contributed by atoms with van der Waals surface area (Å²) in [5, 5.41) is 0. The summed E-state index contributed by atoms with van der Waals surface area (Å²) in [7, 11) is 0. The Bertz CT molecular complexity index is 648. The van der Waals surface area contributed by atoms with Crippen LogP contribution < -0.4 is 0 Å². The van der Waals surface area contributed by atoms with E-state index in [2.05, 4.69) is 0 Å². The summed E-state index contributed by atoms with van der Waals surface area (Å²) in [5.41, 5.74) is 1.000. The van der Waals surface area contributed by atoms with Crippen LogP contribution in [-0.2, 0) is 0 Å². The highest BCUT2D eigenvalue weighted by Gasteiger charge is 2.03. The number of hydrogen-bond acceptors (Lipinski definition) is 2. The third kappa shape index (κ3) is 3.54. The van der Waals surface area contributed by atoms with Gasteiger partial charge in [0.05, 0.1) is 0 Å². The molecule has 0 amide bonds. The van der Waals surface area contributed by atoms with Crippen molar-refractivity contribution in [3.8, 4) is 0 Å². The van der Waals surface area contributed by atoms with Gasteiger partial charge >= 0.3 is 0 Å². The first kappa shape index (κ1) is 14.5. The lowest BCUT2D eigenvalue weighted by molar-refractivity contribution is 0.104. The Morgan fingerprint density at radius 1 is 1.05 bits per heavy atom. The van der Waals surface area contributed by atoms with Gasteiger partial charge in [0.1, 0.15) is 0 Å². The van der Waals surface area contributed by atoms with Gasteiger partial charge in [0.25, 0.3) is 0 Å². The molecule has 0 saturated carbocycles. The first-order valence-corrected chi connectivity index (χ1v) is 7.14. The van der Waals surface area contributed by atoms with Gasteiger partial charge in [-0.3, -0.25) is 4.79 Å². The highest BCUT2D eigenvalue weighted by molar-refractivity contribution is 7.98. The Kier molecular flexibility index (Phi) is 4.69. The van der Waals surface area contributed by atoms with Crippen LogP contribution in [0.3, 0.4) is 0 Å². The Morgan fingerprint density at radius 3 is 2.35 bits per heavy atom. The van der Waals surface area contributed by atoms with E-state index in [0.717, 1.165) is 17.0 Å². The fourth-order valence-electron chi connectivity index (χ4n) is 1.64. The molecule has 4 heteroatoms. The van der Waals surface area contributed by atoms with Crippen molar-refractivity contribution < 1.29 is 13.6 Å². The molecule has 2 rings (SSSR count). The molecule has 0 unspecified atom stereocenters. The minimum Gasteiger partial charge on any atom is -0.289 e. The maximum atomic E-state index is 13.0. The van der Waals surface area contributed by atoms with E-state index in [1.807, 2.05) is 18.4 Å². The molecule has 0 aromatic heterocycles. The van der Waals surface area contributed by atoms with Crippen molar-refractivity contribution in [3.05, 3.63) is 71.3 Å². The molecule has 0 fully saturated rings. The molecular formula is C16H12F2OS. The molecule has 20 heavy (non-hydrogen) atoms. The van der Waals surface area contributed by atoms with E-state index in [0.29, 0.717) is 11.1 Å². The Labute approximate surface area is 120 Å². The molecule has 0 saturated heterocycles. The zero-order valence-electron chi connectivity index (χ0n) is 10.8. The monoisotopic (exact) mass is 290 g/mol. The second kappa shape index (κ2) is 6.48. The van der Waals surface area contributed by atoms with Crippen molar-refractivity contribution in [2.45, 2.75) is 4.90 Å². The molecule has 0 aliphatic rings. The maximum absolute atomic E-state index is 13.0. The van der Waals surface area contributed by atoms with E-state index < -0.39 is 11.6 Å². The Morgan fingerprint density at radius 2 is 1.75 bits per heavy atom. The van der Waals surface area contributed by atoms with Crippen molar-refractivity contribution in [1.82, 2.24) is 0 Å². The first-order chi connectivity index (χ1) is 9.60. The average molecular weight is 290 g/mol. The van der Waals surface area contributed by atoms with Crippen molar-refractivity contribution in [1.29, 1.82) is 0 Å². The third-order valence-electron chi connectivity index (χ3n) is 2.75. The number of carbonyl (C=O) groups excluding carboxylic acids is 1. The number of hydrogen-bond donors (Lipinski definition) is 0. The van der Waals surface area contributed by atoms with Crippen LogP contribution in [-0.4, -0.2) is 12.0 Å². The van der Waals surface area contributed by atoms with Crippen LogP contribution in [0.25, 0.3) is 6.08 Å². The van der Waals surface area contributed by atoms with E-state index in [-0.39, 0.29) is 5.78 Å². The van der Waals surface area contributed by atoms with Gasteiger partial charge in [-0.25, -0.2) is 8.78 Å². The number of ketones is 1. The Hall–Kier alpha value is -1.94. The first-order valence-electron chi connectivity index (χ1n) is 5.91. The lowest BCUT2D eigenvalue weighted by Gasteiger charge is -1.99. The van der Waals surface area contributed by atoms with E-state index in [9.17, 15) is 13.6 Å². The number of rotatable bonds is 4. The second-order valence-electron chi connectivity index (χ2n) is 4.10. The van der Waals surface area contributed by atoms with Gasteiger partial charge in [0.15, 0.2) is 17.4 Å². The maximum Gasteiger partial charge on any atom is 0.185 e. The van der Waals surface area contributed by atoms with Crippen molar-refractivity contribution >= 4 is 23.6 Å². The minimum absolute atomic E-state index is 0.178. The van der Waals surface area contributed by atoms with Gasteiger partial charge in [-0.05, 0) is 54.3 Å². The van der Waals surface area contributed by atoms with Gasteiger partial charge < -0.3 is 0 Å². The topological polar surface area (TPSA) is 17.1 Å². The van der Waals surface area contributed by atoms with E-state index in [4.69, 9.17) is 0 Å². The molecule has 2 aromatic rings. The fourth-order valence-corrected chi connectivity index (χ4v) is 2.05. The van der Waals surface area contributed by atoms with E-state index in [1.165, 1.54) is 18.2 Å². The summed E-state index contributed by atoms with van der Waals surface area (Å²) in [4.78, 5) is 13.0. The number of halogens is 2. The van der Waals surface area contributed by atoms with Crippen LogP contribution in [0.1, 0.15) is 15.9 Å². The lowest BCUT2D eigenvalue weighted by atomic mass is 10.1. The van der Waals surface area contributed by atoms with Crippen LogP contribution in [0.5, 0.6) is 0 Å². The summed E-state index contributed by atoms with van der Waals surface area (Å²) in [6, 6.07) is 10.7. The van der Waals surface area contributed by atoms with Gasteiger partial charge in [0, 0.05) is 10.5 Å². The van der Waals surface area contributed by atoms with Gasteiger partial charge in [0.2, 0.25) is 0 Å². The average Bonchev–Trinajstić information content (AvgIpc) is 2.48. The molecule has 0 aliphatic carbocycles. The largest absolute Gasteiger partial charge is 0.289 e. The number of carbonyl (C=O) groups is 1. The zero-order valence-corrected chi connectivity index (χ0v) is 11.6. The smallest absolute Gasteiger partial charge is 0.185 e. The molecule has 0 N–H and O–H groups in total. The van der Waals surface area contributed by atoms with Crippen LogP contribution in [0.15, 0.2) is 53.4 Å².